The van der Waals surface area contributed by atoms with Crippen molar-refractivity contribution in [2.24, 2.45) is 0 Å². The van der Waals surface area contributed by atoms with E-state index in [4.69, 9.17) is 4.98 Å². The lowest BCUT2D eigenvalue weighted by Crippen LogP contribution is -2.21. The molecule has 0 bridgehead atoms. The van der Waals surface area contributed by atoms with Crippen LogP contribution in [0.4, 0.5) is 0 Å². The number of fused-ring (bicyclic) bond motifs is 2. The van der Waals surface area contributed by atoms with Gasteiger partial charge in [-0.15, -0.1) is 5.10 Å². The van der Waals surface area contributed by atoms with E-state index in [0.717, 1.165) is 22.3 Å². The van der Waals surface area contributed by atoms with Gasteiger partial charge in [-0.3, -0.25) is 4.79 Å². The van der Waals surface area contributed by atoms with Crippen LogP contribution in [0, 0.1) is 6.92 Å². The Morgan fingerprint density at radius 2 is 1.97 bits per heavy atom. The summed E-state index contributed by atoms with van der Waals surface area (Å²) in [4.78, 5) is 22.1. The van der Waals surface area contributed by atoms with Crippen molar-refractivity contribution in [3.8, 4) is 0 Å². The molecular formula is C23H19BrN4OS. The maximum atomic E-state index is 12.8. The molecule has 0 aliphatic heterocycles. The molecule has 0 N–H and O–H groups in total. The highest BCUT2D eigenvalue weighted by Crippen LogP contribution is 2.32. The molecule has 0 radical (unpaired) electrons. The van der Waals surface area contributed by atoms with Crippen molar-refractivity contribution in [3.63, 3.8) is 0 Å². The Bertz CT molecular complexity index is 1250. The summed E-state index contributed by atoms with van der Waals surface area (Å²) in [6.07, 6.45) is 3.04. The minimum absolute atomic E-state index is 0.122. The van der Waals surface area contributed by atoms with Gasteiger partial charge in [-0.2, -0.15) is 4.98 Å². The van der Waals surface area contributed by atoms with E-state index in [9.17, 15) is 4.79 Å². The van der Waals surface area contributed by atoms with Crippen molar-refractivity contribution in [2.75, 3.05) is 0 Å². The zero-order chi connectivity index (χ0) is 20.7. The number of halogens is 1. The van der Waals surface area contributed by atoms with Crippen LogP contribution in [0.2, 0.25) is 0 Å². The van der Waals surface area contributed by atoms with Gasteiger partial charge in [-0.25, -0.2) is 9.50 Å². The summed E-state index contributed by atoms with van der Waals surface area (Å²) >= 11 is 5.02. The molecule has 5 nitrogen and oxygen atoms in total. The second-order valence-corrected chi connectivity index (χ2v) is 9.46. The second kappa shape index (κ2) is 7.96. The molecule has 1 atom stereocenters. The number of carbonyl (C=O) groups excluding carboxylic acids is 1. The summed E-state index contributed by atoms with van der Waals surface area (Å²) in [6.45, 7) is 2.08. The van der Waals surface area contributed by atoms with Crippen LogP contribution in [-0.4, -0.2) is 25.4 Å². The number of rotatable bonds is 4. The molecule has 7 heteroatoms. The molecular weight excluding hydrogens is 460 g/mol. The van der Waals surface area contributed by atoms with Crippen molar-refractivity contribution >= 4 is 39.3 Å². The van der Waals surface area contributed by atoms with Crippen LogP contribution >= 0.6 is 27.7 Å². The summed E-state index contributed by atoms with van der Waals surface area (Å²) in [5.74, 6) is 1.61. The van der Waals surface area contributed by atoms with E-state index in [-0.39, 0.29) is 11.7 Å². The Kier molecular flexibility index (Phi) is 5.16. The number of aryl methyl sites for hydroxylation is 1. The minimum atomic E-state index is 0.122. The highest BCUT2D eigenvalue weighted by Gasteiger charge is 2.28. The van der Waals surface area contributed by atoms with E-state index in [2.05, 4.69) is 69.3 Å². The van der Waals surface area contributed by atoms with Crippen LogP contribution in [0.3, 0.4) is 0 Å². The molecule has 0 saturated heterocycles. The summed E-state index contributed by atoms with van der Waals surface area (Å²) in [5, 5.41) is 5.18. The van der Waals surface area contributed by atoms with E-state index in [1.54, 1.807) is 22.5 Å². The number of carbonyl (C=O) groups is 1. The molecule has 5 rings (SSSR count). The van der Waals surface area contributed by atoms with Gasteiger partial charge in [0.2, 0.25) is 5.16 Å². The van der Waals surface area contributed by atoms with Gasteiger partial charge in [0, 0.05) is 22.8 Å². The number of hydrogen-bond donors (Lipinski definition) is 0. The van der Waals surface area contributed by atoms with E-state index < -0.39 is 0 Å². The normalized spacial score (nSPS) is 16.1. The van der Waals surface area contributed by atoms with E-state index in [0.29, 0.717) is 22.9 Å². The number of hydrogen-bond acceptors (Lipinski definition) is 5. The fourth-order valence-corrected chi connectivity index (χ4v) is 4.86. The summed E-state index contributed by atoms with van der Waals surface area (Å²) in [6, 6.07) is 16.6. The lowest BCUT2D eigenvalue weighted by atomic mass is 9.82. The Labute approximate surface area is 187 Å². The maximum Gasteiger partial charge on any atom is 0.253 e. The fraction of sp³-hybridized carbons (Fsp3) is 0.217. The topological polar surface area (TPSA) is 60.2 Å². The maximum absolute atomic E-state index is 12.8. The highest BCUT2D eigenvalue weighted by molar-refractivity contribution is 9.10. The van der Waals surface area contributed by atoms with Gasteiger partial charge in [0.05, 0.1) is 11.3 Å². The standard InChI is InChI=1S/C23H19BrN4OS/c1-14-3-2-4-16(9-14)17-10-20-19(21(29)11-17)12-28-22(25-20)26-23(27-28)30-13-15-5-7-18(24)8-6-15/h2-9,12,17H,10-11,13H2,1H3/t17-/m1/s1. The number of nitrogens with zero attached hydrogens (tertiary/aromatic N) is 4. The smallest absolute Gasteiger partial charge is 0.253 e. The zero-order valence-corrected chi connectivity index (χ0v) is 18.8. The number of ketones is 1. The summed E-state index contributed by atoms with van der Waals surface area (Å²) in [5.41, 5.74) is 5.09. The Balaban J connectivity index is 1.40. The number of aromatic nitrogens is 4. The number of thioether (sulfide) groups is 1. The summed E-state index contributed by atoms with van der Waals surface area (Å²) < 4.78 is 2.69. The second-order valence-electron chi connectivity index (χ2n) is 7.60. The van der Waals surface area contributed by atoms with Gasteiger partial charge in [-0.1, -0.05) is 69.7 Å². The third kappa shape index (κ3) is 3.91. The Morgan fingerprint density at radius 3 is 2.77 bits per heavy atom. The number of Topliss-reactive ketones (excluding diaryl/α,β-unsaturated/α-hetero) is 1. The van der Waals surface area contributed by atoms with Gasteiger partial charge < -0.3 is 0 Å². The van der Waals surface area contributed by atoms with E-state index >= 15 is 0 Å². The first kappa shape index (κ1) is 19.5. The molecule has 0 spiro atoms. The van der Waals surface area contributed by atoms with Crippen molar-refractivity contribution in [1.82, 2.24) is 19.6 Å². The van der Waals surface area contributed by atoms with E-state index in [1.165, 1.54) is 16.7 Å². The van der Waals surface area contributed by atoms with Crippen LogP contribution in [0.1, 0.15) is 45.1 Å². The zero-order valence-electron chi connectivity index (χ0n) is 16.4. The summed E-state index contributed by atoms with van der Waals surface area (Å²) in [7, 11) is 0. The first-order valence-corrected chi connectivity index (χ1v) is 11.6. The highest BCUT2D eigenvalue weighted by atomic mass is 79.9. The third-order valence-electron chi connectivity index (χ3n) is 5.36. The molecule has 0 saturated carbocycles. The van der Waals surface area contributed by atoms with E-state index in [1.807, 2.05) is 12.1 Å². The molecule has 0 amide bonds. The first-order chi connectivity index (χ1) is 14.5. The molecule has 30 heavy (non-hydrogen) atoms. The van der Waals surface area contributed by atoms with Crippen molar-refractivity contribution in [1.29, 1.82) is 0 Å². The van der Waals surface area contributed by atoms with Crippen molar-refractivity contribution in [3.05, 3.63) is 87.1 Å². The first-order valence-electron chi connectivity index (χ1n) is 9.78. The van der Waals surface area contributed by atoms with Crippen molar-refractivity contribution < 1.29 is 4.79 Å². The molecule has 150 valence electrons. The average molecular weight is 479 g/mol. The fourth-order valence-electron chi connectivity index (χ4n) is 3.81. The third-order valence-corrected chi connectivity index (χ3v) is 6.80. The lowest BCUT2D eigenvalue weighted by molar-refractivity contribution is 0.0962. The molecule has 4 aromatic rings. The molecule has 1 aliphatic rings. The molecule has 1 aliphatic carbocycles. The predicted octanol–water partition coefficient (Wildman–Crippen LogP) is 5.40. The monoisotopic (exact) mass is 478 g/mol. The molecule has 0 fully saturated rings. The van der Waals surface area contributed by atoms with Crippen LogP contribution in [0.5, 0.6) is 0 Å². The average Bonchev–Trinajstić information content (AvgIpc) is 3.14. The Hall–Kier alpha value is -2.51. The Morgan fingerprint density at radius 1 is 1.13 bits per heavy atom. The largest absolute Gasteiger partial charge is 0.294 e. The van der Waals surface area contributed by atoms with Crippen LogP contribution in [0.15, 0.2) is 64.4 Å². The molecule has 0 unspecified atom stereocenters. The van der Waals surface area contributed by atoms with Crippen LogP contribution in [0.25, 0.3) is 5.78 Å². The van der Waals surface area contributed by atoms with Gasteiger partial charge >= 0.3 is 0 Å². The van der Waals surface area contributed by atoms with Gasteiger partial charge in [0.15, 0.2) is 5.78 Å². The lowest BCUT2D eigenvalue weighted by Gasteiger charge is -2.23. The van der Waals surface area contributed by atoms with Gasteiger partial charge in [0.25, 0.3) is 5.78 Å². The van der Waals surface area contributed by atoms with Gasteiger partial charge in [0.1, 0.15) is 0 Å². The van der Waals surface area contributed by atoms with Crippen LogP contribution < -0.4 is 0 Å². The van der Waals surface area contributed by atoms with Gasteiger partial charge in [-0.05, 0) is 42.5 Å². The SMILES string of the molecule is Cc1cccc([C@H]2CC(=O)c3cn4nc(SCc5ccc(Br)cc5)nc4nc3C2)c1. The number of benzene rings is 2. The molecule has 2 aromatic carbocycles. The predicted molar refractivity (Wildman–Crippen MR) is 121 cm³/mol. The molecule has 2 heterocycles. The van der Waals surface area contributed by atoms with Crippen molar-refractivity contribution in [2.45, 2.75) is 36.6 Å². The quantitative estimate of drug-likeness (QED) is 0.367. The minimum Gasteiger partial charge on any atom is -0.294 e. The molecule has 2 aromatic heterocycles. The van der Waals surface area contributed by atoms with Crippen LogP contribution in [-0.2, 0) is 12.2 Å².